The molecule has 0 aliphatic rings. The molecule has 2 unspecified atom stereocenters. The molecule has 0 saturated heterocycles. The fourth-order valence-electron chi connectivity index (χ4n) is 2.03. The molecule has 0 fully saturated rings. The lowest BCUT2D eigenvalue weighted by Gasteiger charge is -2.19. The van der Waals surface area contributed by atoms with Gasteiger partial charge in [0.2, 0.25) is 0 Å². The fourth-order valence-corrected chi connectivity index (χ4v) is 2.03. The zero-order valence-electron chi connectivity index (χ0n) is 11.3. The summed E-state index contributed by atoms with van der Waals surface area (Å²) in [5, 5.41) is 0. The minimum absolute atomic E-state index is 0.0363. The smallest absolute Gasteiger partial charge is 0.0947 e. The zero-order chi connectivity index (χ0) is 12.7. The van der Waals surface area contributed by atoms with Crippen LogP contribution in [0.2, 0.25) is 0 Å². The lowest BCUT2D eigenvalue weighted by molar-refractivity contribution is 0.0351. The van der Waals surface area contributed by atoms with Crippen LogP contribution in [0.15, 0.2) is 24.3 Å². The van der Waals surface area contributed by atoms with Crippen LogP contribution in [0, 0.1) is 12.8 Å². The predicted molar refractivity (Wildman–Crippen MR) is 73.0 cm³/mol. The first-order valence-corrected chi connectivity index (χ1v) is 6.55. The van der Waals surface area contributed by atoms with Crippen molar-refractivity contribution in [1.29, 1.82) is 0 Å². The molecule has 0 saturated carbocycles. The first kappa shape index (κ1) is 14.2. The van der Waals surface area contributed by atoms with Gasteiger partial charge < -0.3 is 10.5 Å². The Morgan fingerprint density at radius 2 is 2.12 bits per heavy atom. The van der Waals surface area contributed by atoms with Crippen LogP contribution < -0.4 is 5.73 Å². The molecule has 0 aliphatic heterocycles. The average Bonchev–Trinajstić information content (AvgIpc) is 2.30. The summed E-state index contributed by atoms with van der Waals surface area (Å²) >= 11 is 0. The molecule has 1 rings (SSSR count). The van der Waals surface area contributed by atoms with Gasteiger partial charge in [-0.3, -0.25) is 0 Å². The molecule has 0 radical (unpaired) electrons. The lowest BCUT2D eigenvalue weighted by Crippen LogP contribution is -2.19. The number of hydrogen-bond acceptors (Lipinski definition) is 2. The normalized spacial score (nSPS) is 14.6. The largest absolute Gasteiger partial charge is 0.372 e. The van der Waals surface area contributed by atoms with E-state index in [2.05, 4.69) is 45.0 Å². The van der Waals surface area contributed by atoms with E-state index >= 15 is 0 Å². The van der Waals surface area contributed by atoms with E-state index in [1.54, 1.807) is 0 Å². The van der Waals surface area contributed by atoms with E-state index in [-0.39, 0.29) is 6.10 Å². The molecule has 96 valence electrons. The van der Waals surface area contributed by atoms with Gasteiger partial charge in [-0.05, 0) is 24.8 Å². The van der Waals surface area contributed by atoms with E-state index in [0.29, 0.717) is 12.5 Å². The molecule has 0 aromatic heterocycles. The number of nitrogens with two attached hydrogens (primary N) is 1. The summed E-state index contributed by atoms with van der Waals surface area (Å²) in [6.45, 7) is 7.87. The third kappa shape index (κ3) is 4.88. The van der Waals surface area contributed by atoms with Crippen LogP contribution in [0.4, 0.5) is 0 Å². The third-order valence-corrected chi connectivity index (χ3v) is 2.99. The maximum atomic E-state index is 5.92. The Labute approximate surface area is 105 Å². The van der Waals surface area contributed by atoms with E-state index in [0.717, 1.165) is 6.61 Å². The zero-order valence-corrected chi connectivity index (χ0v) is 11.3. The molecule has 1 aromatic rings. The summed E-state index contributed by atoms with van der Waals surface area (Å²) in [7, 11) is 0. The summed E-state index contributed by atoms with van der Waals surface area (Å²) in [4.78, 5) is 0. The Bertz CT molecular complexity index is 324. The monoisotopic (exact) mass is 235 g/mol. The predicted octanol–water partition coefficient (Wildman–Crippen LogP) is 3.45. The molecule has 17 heavy (non-hydrogen) atoms. The minimum atomic E-state index is 0.0363. The van der Waals surface area contributed by atoms with Gasteiger partial charge in [0.25, 0.3) is 0 Å². The molecule has 2 nitrogen and oxygen atoms in total. The number of aryl methyl sites for hydroxylation is 1. The highest BCUT2D eigenvalue weighted by Gasteiger charge is 2.11. The van der Waals surface area contributed by atoms with E-state index in [1.165, 1.54) is 24.0 Å². The van der Waals surface area contributed by atoms with Crippen LogP contribution in [0.1, 0.15) is 43.9 Å². The number of benzene rings is 1. The SMILES string of the molecule is CCCC(C)COC(CN)c1cccc(C)c1. The van der Waals surface area contributed by atoms with Gasteiger partial charge in [0, 0.05) is 6.54 Å². The molecule has 1 aromatic carbocycles. The first-order valence-electron chi connectivity index (χ1n) is 6.55. The molecule has 0 spiro atoms. The summed E-state index contributed by atoms with van der Waals surface area (Å²) in [5.41, 5.74) is 8.24. The molecule has 2 N–H and O–H groups in total. The van der Waals surface area contributed by atoms with Crippen molar-refractivity contribution in [3.05, 3.63) is 35.4 Å². The molecule has 0 aliphatic carbocycles. The van der Waals surface area contributed by atoms with Crippen molar-refractivity contribution in [2.24, 2.45) is 11.7 Å². The van der Waals surface area contributed by atoms with Gasteiger partial charge in [-0.25, -0.2) is 0 Å². The van der Waals surface area contributed by atoms with E-state index < -0.39 is 0 Å². The van der Waals surface area contributed by atoms with E-state index in [1.807, 2.05) is 0 Å². The topological polar surface area (TPSA) is 35.2 Å². The van der Waals surface area contributed by atoms with Crippen molar-refractivity contribution in [3.63, 3.8) is 0 Å². The molecular weight excluding hydrogens is 210 g/mol. The maximum Gasteiger partial charge on any atom is 0.0947 e. The van der Waals surface area contributed by atoms with E-state index in [4.69, 9.17) is 10.5 Å². The highest BCUT2D eigenvalue weighted by Crippen LogP contribution is 2.19. The quantitative estimate of drug-likeness (QED) is 0.785. The van der Waals surface area contributed by atoms with Crippen molar-refractivity contribution in [2.75, 3.05) is 13.2 Å². The summed E-state index contributed by atoms with van der Waals surface area (Å²) in [5.74, 6) is 0.610. The molecule has 0 bridgehead atoms. The van der Waals surface area contributed by atoms with Gasteiger partial charge in [-0.15, -0.1) is 0 Å². The van der Waals surface area contributed by atoms with Crippen molar-refractivity contribution < 1.29 is 4.74 Å². The second-order valence-corrected chi connectivity index (χ2v) is 4.87. The number of hydrogen-bond donors (Lipinski definition) is 1. The molecule has 2 atom stereocenters. The third-order valence-electron chi connectivity index (χ3n) is 2.99. The first-order chi connectivity index (χ1) is 8.17. The van der Waals surface area contributed by atoms with Crippen molar-refractivity contribution in [1.82, 2.24) is 0 Å². The molecule has 0 amide bonds. The van der Waals surface area contributed by atoms with Crippen LogP contribution >= 0.6 is 0 Å². The Balaban J connectivity index is 2.54. The molecule has 0 heterocycles. The second-order valence-electron chi connectivity index (χ2n) is 4.87. The van der Waals surface area contributed by atoms with Gasteiger partial charge in [-0.1, -0.05) is 50.1 Å². The molecule has 2 heteroatoms. The van der Waals surface area contributed by atoms with Crippen LogP contribution in [0.25, 0.3) is 0 Å². The standard InChI is InChI=1S/C15H25NO/c1-4-6-13(3)11-17-15(10-16)14-8-5-7-12(2)9-14/h5,7-9,13,15H,4,6,10-11,16H2,1-3H3. The average molecular weight is 235 g/mol. The van der Waals surface area contributed by atoms with Gasteiger partial charge in [-0.2, -0.15) is 0 Å². The highest BCUT2D eigenvalue weighted by molar-refractivity contribution is 5.24. The van der Waals surface area contributed by atoms with Crippen LogP contribution in [-0.2, 0) is 4.74 Å². The lowest BCUT2D eigenvalue weighted by atomic mass is 10.1. The summed E-state index contributed by atoms with van der Waals surface area (Å²) in [6, 6.07) is 8.40. The van der Waals surface area contributed by atoms with Crippen molar-refractivity contribution in [2.45, 2.75) is 39.7 Å². The van der Waals surface area contributed by atoms with Gasteiger partial charge in [0.15, 0.2) is 0 Å². The summed E-state index contributed by atoms with van der Waals surface area (Å²) in [6.07, 6.45) is 2.46. The molecular formula is C15H25NO. The van der Waals surface area contributed by atoms with Gasteiger partial charge in [0.1, 0.15) is 0 Å². The van der Waals surface area contributed by atoms with Gasteiger partial charge >= 0.3 is 0 Å². The second kappa shape index (κ2) is 7.46. The Hall–Kier alpha value is -0.860. The minimum Gasteiger partial charge on any atom is -0.372 e. The van der Waals surface area contributed by atoms with E-state index in [9.17, 15) is 0 Å². The fraction of sp³-hybridized carbons (Fsp3) is 0.600. The summed E-state index contributed by atoms with van der Waals surface area (Å²) < 4.78 is 5.92. The Kier molecular flexibility index (Phi) is 6.23. The van der Waals surface area contributed by atoms with Crippen molar-refractivity contribution in [3.8, 4) is 0 Å². The van der Waals surface area contributed by atoms with Crippen LogP contribution in [0.3, 0.4) is 0 Å². The highest BCUT2D eigenvalue weighted by atomic mass is 16.5. The van der Waals surface area contributed by atoms with Crippen LogP contribution in [-0.4, -0.2) is 13.2 Å². The Morgan fingerprint density at radius 1 is 1.35 bits per heavy atom. The Morgan fingerprint density at radius 3 is 2.71 bits per heavy atom. The maximum absolute atomic E-state index is 5.92. The number of rotatable bonds is 7. The van der Waals surface area contributed by atoms with Crippen molar-refractivity contribution >= 4 is 0 Å². The van der Waals surface area contributed by atoms with Gasteiger partial charge in [0.05, 0.1) is 12.7 Å². The van der Waals surface area contributed by atoms with Crippen LogP contribution in [0.5, 0.6) is 0 Å². The number of ether oxygens (including phenoxy) is 1.